The topological polar surface area (TPSA) is 35.8 Å². The molecule has 1 atom stereocenters. The Balaban J connectivity index is 2.32. The third kappa shape index (κ3) is 4.85. The van der Waals surface area contributed by atoms with Gasteiger partial charge in [-0.05, 0) is 57.9 Å². The van der Waals surface area contributed by atoms with Crippen molar-refractivity contribution in [3.05, 3.63) is 35.6 Å². The van der Waals surface area contributed by atoms with Crippen molar-refractivity contribution in [2.24, 2.45) is 5.41 Å². The molecule has 0 radical (unpaired) electrons. The van der Waals surface area contributed by atoms with Gasteiger partial charge in [-0.1, -0.05) is 12.1 Å². The summed E-state index contributed by atoms with van der Waals surface area (Å²) in [5.74, 6) is -0.207. The fraction of sp³-hybridized carbons (Fsp3) is 0.533. The molecule has 0 aliphatic rings. The van der Waals surface area contributed by atoms with Gasteiger partial charge in [0.1, 0.15) is 5.82 Å². The summed E-state index contributed by atoms with van der Waals surface area (Å²) in [6.45, 7) is 6.83. The normalized spacial score (nSPS) is 13.1. The number of hydrogen-bond acceptors (Lipinski definition) is 2. The second kappa shape index (κ2) is 6.51. The Morgan fingerprint density at radius 2 is 1.94 bits per heavy atom. The first-order valence-electron chi connectivity index (χ1n) is 6.35. The van der Waals surface area contributed by atoms with Gasteiger partial charge in [-0.2, -0.15) is 5.26 Å². The first-order chi connectivity index (χ1) is 8.44. The Kier molecular flexibility index (Phi) is 5.30. The lowest BCUT2D eigenvalue weighted by Gasteiger charge is -2.17. The number of benzene rings is 1. The zero-order valence-electron chi connectivity index (χ0n) is 11.3. The number of nitrogens with one attached hydrogen (secondary N) is 1. The van der Waals surface area contributed by atoms with Crippen LogP contribution in [-0.2, 0) is 0 Å². The van der Waals surface area contributed by atoms with E-state index in [0.29, 0.717) is 0 Å². The second-order valence-electron chi connectivity index (χ2n) is 5.33. The summed E-state index contributed by atoms with van der Waals surface area (Å²) in [7, 11) is 0. The van der Waals surface area contributed by atoms with E-state index in [-0.39, 0.29) is 17.3 Å². The highest BCUT2D eigenvalue weighted by Gasteiger charge is 2.15. The second-order valence-corrected chi connectivity index (χ2v) is 5.33. The molecule has 0 aliphatic heterocycles. The molecule has 0 amide bonds. The highest BCUT2D eigenvalue weighted by atomic mass is 19.1. The molecule has 18 heavy (non-hydrogen) atoms. The smallest absolute Gasteiger partial charge is 0.123 e. The van der Waals surface area contributed by atoms with Crippen LogP contribution in [0.4, 0.5) is 4.39 Å². The van der Waals surface area contributed by atoms with Gasteiger partial charge < -0.3 is 5.32 Å². The lowest BCUT2D eigenvalue weighted by molar-refractivity contribution is 0.417. The van der Waals surface area contributed by atoms with Gasteiger partial charge in [-0.3, -0.25) is 0 Å². The Morgan fingerprint density at radius 3 is 2.50 bits per heavy atom. The van der Waals surface area contributed by atoms with E-state index in [0.717, 1.165) is 24.9 Å². The molecule has 2 nitrogen and oxygen atoms in total. The summed E-state index contributed by atoms with van der Waals surface area (Å²) in [5, 5.41) is 12.3. The predicted molar refractivity (Wildman–Crippen MR) is 71.4 cm³/mol. The van der Waals surface area contributed by atoms with Crippen LogP contribution < -0.4 is 5.32 Å². The van der Waals surface area contributed by atoms with Crippen molar-refractivity contribution in [3.8, 4) is 6.07 Å². The van der Waals surface area contributed by atoms with Gasteiger partial charge in [0.2, 0.25) is 0 Å². The van der Waals surface area contributed by atoms with Gasteiger partial charge in [0.15, 0.2) is 0 Å². The maximum Gasteiger partial charge on any atom is 0.123 e. The Morgan fingerprint density at radius 1 is 1.33 bits per heavy atom. The molecule has 0 aromatic heterocycles. The minimum Gasteiger partial charge on any atom is -0.310 e. The molecule has 1 rings (SSSR count). The van der Waals surface area contributed by atoms with Crippen LogP contribution in [0.1, 0.15) is 45.2 Å². The summed E-state index contributed by atoms with van der Waals surface area (Å²) in [6.07, 6.45) is 1.85. The summed E-state index contributed by atoms with van der Waals surface area (Å²) in [6, 6.07) is 9.05. The minimum absolute atomic E-state index is 0.204. The van der Waals surface area contributed by atoms with Crippen molar-refractivity contribution in [2.75, 3.05) is 6.54 Å². The van der Waals surface area contributed by atoms with Gasteiger partial charge in [0.05, 0.1) is 11.5 Å². The van der Waals surface area contributed by atoms with Crippen LogP contribution in [0, 0.1) is 22.6 Å². The standard InChI is InChI=1S/C15H21FN2/c1-12(13-5-7-14(16)8-6-13)18-10-4-9-15(2,3)11-17/h5-8,12,18H,4,9-10H2,1-3H3/t12-/m1/s1. The van der Waals surface area contributed by atoms with Gasteiger partial charge in [-0.15, -0.1) is 0 Å². The first-order valence-corrected chi connectivity index (χ1v) is 6.35. The molecule has 1 aromatic carbocycles. The molecule has 0 bridgehead atoms. The quantitative estimate of drug-likeness (QED) is 0.777. The zero-order chi connectivity index (χ0) is 13.6. The monoisotopic (exact) mass is 248 g/mol. The number of halogens is 1. The molecule has 0 saturated heterocycles. The third-order valence-corrected chi connectivity index (χ3v) is 3.10. The summed E-state index contributed by atoms with van der Waals surface area (Å²) >= 11 is 0. The van der Waals surface area contributed by atoms with Crippen LogP contribution in [0.25, 0.3) is 0 Å². The molecule has 0 unspecified atom stereocenters. The van der Waals surface area contributed by atoms with Crippen molar-refractivity contribution in [2.45, 2.75) is 39.7 Å². The maximum atomic E-state index is 12.8. The van der Waals surface area contributed by atoms with Crippen molar-refractivity contribution in [3.63, 3.8) is 0 Å². The molecular weight excluding hydrogens is 227 g/mol. The van der Waals surface area contributed by atoms with Crippen LogP contribution in [-0.4, -0.2) is 6.54 Å². The fourth-order valence-corrected chi connectivity index (χ4v) is 1.77. The molecule has 0 fully saturated rings. The van der Waals surface area contributed by atoms with Crippen molar-refractivity contribution < 1.29 is 4.39 Å². The van der Waals surface area contributed by atoms with E-state index in [4.69, 9.17) is 5.26 Å². The summed E-state index contributed by atoms with van der Waals surface area (Å²) in [5.41, 5.74) is 0.830. The van der Waals surface area contributed by atoms with Crippen LogP contribution in [0.15, 0.2) is 24.3 Å². The molecule has 1 aromatic rings. The minimum atomic E-state index is -0.249. The molecule has 0 heterocycles. The highest BCUT2D eigenvalue weighted by molar-refractivity contribution is 5.19. The molecule has 3 heteroatoms. The molecular formula is C15H21FN2. The fourth-order valence-electron chi connectivity index (χ4n) is 1.77. The maximum absolute atomic E-state index is 12.8. The van der Waals surface area contributed by atoms with E-state index < -0.39 is 0 Å². The van der Waals surface area contributed by atoms with Gasteiger partial charge in [0.25, 0.3) is 0 Å². The van der Waals surface area contributed by atoms with Crippen molar-refractivity contribution in [1.82, 2.24) is 5.32 Å². The van der Waals surface area contributed by atoms with E-state index in [1.807, 2.05) is 13.8 Å². The Bertz CT molecular complexity index is 403. The van der Waals surface area contributed by atoms with E-state index in [2.05, 4.69) is 18.3 Å². The van der Waals surface area contributed by atoms with E-state index in [9.17, 15) is 4.39 Å². The third-order valence-electron chi connectivity index (χ3n) is 3.10. The lowest BCUT2D eigenvalue weighted by Crippen LogP contribution is -2.21. The summed E-state index contributed by atoms with van der Waals surface area (Å²) in [4.78, 5) is 0. The number of nitriles is 1. The van der Waals surface area contributed by atoms with Crippen molar-refractivity contribution >= 4 is 0 Å². The van der Waals surface area contributed by atoms with Crippen LogP contribution in [0.3, 0.4) is 0 Å². The van der Waals surface area contributed by atoms with Crippen molar-refractivity contribution in [1.29, 1.82) is 5.26 Å². The van der Waals surface area contributed by atoms with Gasteiger partial charge in [-0.25, -0.2) is 4.39 Å². The lowest BCUT2D eigenvalue weighted by atomic mass is 9.90. The number of hydrogen-bond donors (Lipinski definition) is 1. The highest BCUT2D eigenvalue weighted by Crippen LogP contribution is 2.20. The van der Waals surface area contributed by atoms with Crippen LogP contribution >= 0.6 is 0 Å². The molecule has 0 aliphatic carbocycles. The molecule has 0 spiro atoms. The first kappa shape index (κ1) is 14.7. The van der Waals surface area contributed by atoms with Crippen LogP contribution in [0.5, 0.6) is 0 Å². The SMILES string of the molecule is C[C@@H](NCCCC(C)(C)C#N)c1ccc(F)cc1. The number of rotatable bonds is 6. The molecule has 98 valence electrons. The summed E-state index contributed by atoms with van der Waals surface area (Å²) < 4.78 is 12.8. The molecule has 1 N–H and O–H groups in total. The van der Waals surface area contributed by atoms with Crippen LogP contribution in [0.2, 0.25) is 0 Å². The van der Waals surface area contributed by atoms with Gasteiger partial charge >= 0.3 is 0 Å². The van der Waals surface area contributed by atoms with E-state index >= 15 is 0 Å². The zero-order valence-corrected chi connectivity index (χ0v) is 11.3. The van der Waals surface area contributed by atoms with E-state index in [1.54, 1.807) is 12.1 Å². The average Bonchev–Trinajstić information content (AvgIpc) is 2.35. The predicted octanol–water partition coefficient (Wildman–Crippen LogP) is 3.81. The number of nitrogens with zero attached hydrogens (tertiary/aromatic N) is 1. The Labute approximate surface area is 109 Å². The average molecular weight is 248 g/mol. The Hall–Kier alpha value is -1.40. The largest absolute Gasteiger partial charge is 0.310 e. The van der Waals surface area contributed by atoms with Gasteiger partial charge in [0, 0.05) is 6.04 Å². The molecule has 0 saturated carbocycles. The van der Waals surface area contributed by atoms with E-state index in [1.165, 1.54) is 12.1 Å².